The van der Waals surface area contributed by atoms with Crippen LogP contribution >= 0.6 is 0 Å². The van der Waals surface area contributed by atoms with Gasteiger partial charge in [-0.25, -0.2) is 23.4 Å². The molecular weight excluding hydrogens is 371 g/mol. The smallest absolute Gasteiger partial charge is 0.384 e. The summed E-state index contributed by atoms with van der Waals surface area (Å²) in [6.07, 6.45) is -2.43. The van der Waals surface area contributed by atoms with E-state index in [4.69, 9.17) is 5.73 Å². The highest BCUT2D eigenvalue weighted by Crippen LogP contribution is 2.33. The average molecular weight is 385 g/mol. The van der Waals surface area contributed by atoms with Crippen molar-refractivity contribution in [1.29, 1.82) is 0 Å². The van der Waals surface area contributed by atoms with Gasteiger partial charge in [-0.15, -0.1) is 0 Å². The third-order valence-electron chi connectivity index (χ3n) is 3.90. The Bertz CT molecular complexity index is 1110. The number of aryl methyl sites for hydroxylation is 1. The van der Waals surface area contributed by atoms with Crippen LogP contribution in [-0.2, 0) is 23.1 Å². The first-order chi connectivity index (χ1) is 12.0. The van der Waals surface area contributed by atoms with Crippen LogP contribution in [0.25, 0.3) is 22.4 Å². The van der Waals surface area contributed by atoms with Gasteiger partial charge in [-0.2, -0.15) is 13.2 Å². The summed E-state index contributed by atoms with van der Waals surface area (Å²) in [5.41, 5.74) is 5.13. The summed E-state index contributed by atoms with van der Waals surface area (Å²) in [6.45, 7) is 1.48. The fourth-order valence-corrected chi connectivity index (χ4v) is 3.53. The number of nitrogens with zero attached hydrogens (tertiary/aromatic N) is 4. The van der Waals surface area contributed by atoms with Gasteiger partial charge in [0, 0.05) is 18.8 Å². The summed E-state index contributed by atoms with van der Waals surface area (Å²) in [7, 11) is -2.09. The van der Waals surface area contributed by atoms with E-state index in [1.807, 2.05) is 0 Å². The Morgan fingerprint density at radius 1 is 1.19 bits per heavy atom. The summed E-state index contributed by atoms with van der Waals surface area (Å²) in [4.78, 5) is 11.3. The van der Waals surface area contributed by atoms with Gasteiger partial charge in [0.05, 0.1) is 27.9 Å². The zero-order valence-electron chi connectivity index (χ0n) is 13.7. The summed E-state index contributed by atoms with van der Waals surface area (Å²) in [5.74, 6) is 0.0495. The van der Waals surface area contributed by atoms with E-state index < -0.39 is 21.7 Å². The molecule has 0 aliphatic heterocycles. The van der Waals surface area contributed by atoms with Gasteiger partial charge < -0.3 is 10.3 Å². The molecule has 0 saturated heterocycles. The third kappa shape index (κ3) is 2.98. The molecule has 0 aliphatic carbocycles. The fourth-order valence-electron chi connectivity index (χ4n) is 2.52. The van der Waals surface area contributed by atoms with Gasteiger partial charge >= 0.3 is 6.18 Å². The van der Waals surface area contributed by atoms with Crippen LogP contribution < -0.4 is 5.73 Å². The van der Waals surface area contributed by atoms with Crippen molar-refractivity contribution in [1.82, 2.24) is 19.5 Å². The maximum Gasteiger partial charge on any atom is 0.433 e. The standard InChI is InChI=1S/C15H14F3N5O2S/c1-3-26(24,25)11-7-21-13(19)4-8(11)14-22-9-5-12(15(16,17)18)20-6-10(9)23(14)2/h4-7H,3H2,1-2H3,(H2,19,21). The van der Waals surface area contributed by atoms with Crippen molar-refractivity contribution < 1.29 is 21.6 Å². The maximum atomic E-state index is 12.9. The van der Waals surface area contributed by atoms with Gasteiger partial charge in [0.25, 0.3) is 0 Å². The fraction of sp³-hybridized carbons (Fsp3) is 0.267. The minimum Gasteiger partial charge on any atom is -0.384 e. The van der Waals surface area contributed by atoms with Crippen LogP contribution in [0, 0.1) is 0 Å². The van der Waals surface area contributed by atoms with E-state index in [0.29, 0.717) is 5.52 Å². The van der Waals surface area contributed by atoms with E-state index in [2.05, 4.69) is 15.0 Å². The van der Waals surface area contributed by atoms with Crippen LogP contribution in [0.4, 0.5) is 19.0 Å². The van der Waals surface area contributed by atoms with Crippen LogP contribution in [0.15, 0.2) is 29.4 Å². The molecule has 0 bridgehead atoms. The van der Waals surface area contributed by atoms with Gasteiger partial charge in [-0.3, -0.25) is 0 Å². The number of imidazole rings is 1. The molecule has 0 fully saturated rings. The molecule has 0 aliphatic rings. The number of rotatable bonds is 3. The lowest BCUT2D eigenvalue weighted by atomic mass is 10.2. The van der Waals surface area contributed by atoms with E-state index in [1.165, 1.54) is 17.6 Å². The predicted molar refractivity (Wildman–Crippen MR) is 88.9 cm³/mol. The molecular formula is C15H14F3N5O2S. The lowest BCUT2D eigenvalue weighted by Gasteiger charge is -2.10. The Kier molecular flexibility index (Phi) is 4.14. The molecule has 0 unspecified atom stereocenters. The summed E-state index contributed by atoms with van der Waals surface area (Å²) < 4.78 is 64.7. The van der Waals surface area contributed by atoms with Gasteiger partial charge in [-0.1, -0.05) is 6.92 Å². The molecule has 7 nitrogen and oxygen atoms in total. The molecule has 0 atom stereocenters. The van der Waals surface area contributed by atoms with Crippen LogP contribution in [0.2, 0.25) is 0 Å². The van der Waals surface area contributed by atoms with E-state index >= 15 is 0 Å². The van der Waals surface area contributed by atoms with Crippen LogP contribution in [0.1, 0.15) is 12.6 Å². The second-order valence-corrected chi connectivity index (χ2v) is 7.81. The Hall–Kier alpha value is -2.69. The highest BCUT2D eigenvalue weighted by Gasteiger charge is 2.33. The van der Waals surface area contributed by atoms with Gasteiger partial charge in [0.1, 0.15) is 17.3 Å². The molecule has 0 radical (unpaired) electrons. The topological polar surface area (TPSA) is 104 Å². The number of halogens is 3. The maximum absolute atomic E-state index is 12.9. The third-order valence-corrected chi connectivity index (χ3v) is 5.66. The summed E-state index contributed by atoms with van der Waals surface area (Å²) >= 11 is 0. The number of alkyl halides is 3. The summed E-state index contributed by atoms with van der Waals surface area (Å²) in [5, 5.41) is 0. The Labute approximate surface area is 146 Å². The number of nitrogens with two attached hydrogens (primary N) is 1. The second-order valence-electron chi connectivity index (χ2n) is 5.56. The Morgan fingerprint density at radius 2 is 1.88 bits per heavy atom. The van der Waals surface area contributed by atoms with Crippen molar-refractivity contribution in [2.75, 3.05) is 11.5 Å². The van der Waals surface area contributed by atoms with E-state index in [0.717, 1.165) is 18.5 Å². The number of pyridine rings is 2. The van der Waals surface area contributed by atoms with Crippen molar-refractivity contribution >= 4 is 26.7 Å². The van der Waals surface area contributed by atoms with Crippen molar-refractivity contribution in [3.63, 3.8) is 0 Å². The molecule has 3 heterocycles. The Morgan fingerprint density at radius 3 is 2.50 bits per heavy atom. The molecule has 3 aromatic heterocycles. The highest BCUT2D eigenvalue weighted by atomic mass is 32.2. The zero-order valence-corrected chi connectivity index (χ0v) is 14.6. The molecule has 11 heteroatoms. The van der Waals surface area contributed by atoms with Gasteiger partial charge in [0.2, 0.25) is 0 Å². The minimum absolute atomic E-state index is 0.0417. The lowest BCUT2D eigenvalue weighted by Crippen LogP contribution is -2.09. The molecule has 3 aromatic rings. The van der Waals surface area contributed by atoms with Crippen molar-refractivity contribution in [3.05, 3.63) is 30.2 Å². The minimum atomic E-state index is -4.61. The molecule has 26 heavy (non-hydrogen) atoms. The monoisotopic (exact) mass is 385 g/mol. The number of fused-ring (bicyclic) bond motifs is 1. The van der Waals surface area contributed by atoms with Crippen molar-refractivity contribution in [3.8, 4) is 11.4 Å². The van der Waals surface area contributed by atoms with E-state index in [-0.39, 0.29) is 33.4 Å². The first kappa shape index (κ1) is 18.1. The molecule has 2 N–H and O–H groups in total. The van der Waals surface area contributed by atoms with E-state index in [1.54, 1.807) is 7.05 Å². The molecule has 0 aromatic carbocycles. The number of hydrogen-bond donors (Lipinski definition) is 1. The molecule has 0 amide bonds. The zero-order chi connectivity index (χ0) is 19.3. The first-order valence-corrected chi connectivity index (χ1v) is 9.08. The number of nitrogen functional groups attached to an aromatic ring is 1. The first-order valence-electron chi connectivity index (χ1n) is 7.43. The molecule has 3 rings (SSSR count). The quantitative estimate of drug-likeness (QED) is 0.743. The number of hydrogen-bond acceptors (Lipinski definition) is 6. The van der Waals surface area contributed by atoms with Crippen molar-refractivity contribution in [2.45, 2.75) is 18.0 Å². The predicted octanol–water partition coefficient (Wildman–Crippen LogP) is 2.42. The van der Waals surface area contributed by atoms with Crippen LogP contribution in [0.5, 0.6) is 0 Å². The second kappa shape index (κ2) is 5.94. The van der Waals surface area contributed by atoms with Crippen LogP contribution in [-0.4, -0.2) is 33.7 Å². The average Bonchev–Trinajstić information content (AvgIpc) is 2.90. The molecule has 0 spiro atoms. The van der Waals surface area contributed by atoms with Crippen LogP contribution in [0.3, 0.4) is 0 Å². The van der Waals surface area contributed by atoms with Crippen molar-refractivity contribution in [2.24, 2.45) is 7.05 Å². The van der Waals surface area contributed by atoms with E-state index in [9.17, 15) is 21.6 Å². The lowest BCUT2D eigenvalue weighted by molar-refractivity contribution is -0.141. The molecule has 138 valence electrons. The molecule has 0 saturated carbocycles. The largest absolute Gasteiger partial charge is 0.433 e. The Balaban J connectivity index is 2.30. The highest BCUT2D eigenvalue weighted by molar-refractivity contribution is 7.91. The number of anilines is 1. The number of sulfone groups is 1. The van der Waals surface area contributed by atoms with Gasteiger partial charge in [0.15, 0.2) is 9.84 Å². The summed E-state index contributed by atoms with van der Waals surface area (Å²) in [6, 6.07) is 2.15. The SMILES string of the molecule is CCS(=O)(=O)c1cnc(N)cc1-c1nc2cc(C(F)(F)F)ncc2n1C. The van der Waals surface area contributed by atoms with Gasteiger partial charge in [-0.05, 0) is 12.1 Å². The normalized spacial score (nSPS) is 12.7. The number of aromatic nitrogens is 4.